The fourth-order valence-electron chi connectivity index (χ4n) is 2.32. The number of hydrogen-bond donors (Lipinski definition) is 1. The van der Waals surface area contributed by atoms with E-state index in [-0.39, 0.29) is 5.56 Å². The van der Waals surface area contributed by atoms with Gasteiger partial charge in [-0.15, -0.1) is 11.3 Å². The van der Waals surface area contributed by atoms with E-state index in [1.807, 2.05) is 37.3 Å². The van der Waals surface area contributed by atoms with Crippen molar-refractivity contribution >= 4 is 33.3 Å². The van der Waals surface area contributed by atoms with E-state index in [1.165, 1.54) is 0 Å². The Kier molecular flexibility index (Phi) is 4.12. The first-order chi connectivity index (χ1) is 10.2. The molecule has 0 atom stereocenters. The summed E-state index contributed by atoms with van der Waals surface area (Å²) in [5.74, 6) is 0.963. The molecule has 0 unspecified atom stereocenters. The minimum atomic E-state index is -0.0400. The molecule has 21 heavy (non-hydrogen) atoms. The number of aryl methyl sites for hydroxylation is 1. The number of hydrogen-bond acceptors (Lipinski definition) is 4. The summed E-state index contributed by atoms with van der Waals surface area (Å²) in [6.45, 7) is 4.17. The van der Waals surface area contributed by atoms with E-state index >= 15 is 0 Å². The van der Waals surface area contributed by atoms with Crippen molar-refractivity contribution in [1.29, 1.82) is 0 Å². The van der Waals surface area contributed by atoms with Crippen LogP contribution in [-0.4, -0.2) is 15.7 Å². The van der Waals surface area contributed by atoms with Crippen LogP contribution < -0.4 is 5.56 Å². The molecule has 1 N–H and O–H groups in total. The Morgan fingerprint density at radius 2 is 2.05 bits per heavy atom. The van der Waals surface area contributed by atoms with Gasteiger partial charge in [0, 0.05) is 16.2 Å². The lowest BCUT2D eigenvalue weighted by Crippen LogP contribution is -2.08. The van der Waals surface area contributed by atoms with Gasteiger partial charge in [0.2, 0.25) is 0 Å². The lowest BCUT2D eigenvalue weighted by atomic mass is 10.0. The first-order valence-electron chi connectivity index (χ1n) is 6.92. The summed E-state index contributed by atoms with van der Waals surface area (Å²) in [7, 11) is 0. The van der Waals surface area contributed by atoms with Crippen LogP contribution in [0.1, 0.15) is 18.2 Å². The molecule has 0 aliphatic carbocycles. The molecule has 2 aromatic heterocycles. The van der Waals surface area contributed by atoms with Gasteiger partial charge in [-0.25, -0.2) is 4.98 Å². The molecule has 108 valence electrons. The smallest absolute Gasteiger partial charge is 0.260 e. The van der Waals surface area contributed by atoms with E-state index in [0.717, 1.165) is 38.2 Å². The average molecular weight is 316 g/mol. The summed E-state index contributed by atoms with van der Waals surface area (Å²) in [6, 6.07) is 10.0. The zero-order chi connectivity index (χ0) is 14.8. The van der Waals surface area contributed by atoms with Crippen molar-refractivity contribution in [2.45, 2.75) is 25.4 Å². The second-order valence-corrected chi connectivity index (χ2v) is 7.09. The van der Waals surface area contributed by atoms with Crippen LogP contribution in [0.4, 0.5) is 0 Å². The number of H-pyrrole nitrogens is 1. The van der Waals surface area contributed by atoms with Crippen molar-refractivity contribution < 1.29 is 0 Å². The Hall–Kier alpha value is -1.59. The average Bonchev–Trinajstić information content (AvgIpc) is 2.82. The number of aromatic nitrogens is 2. The minimum Gasteiger partial charge on any atom is -0.301 e. The number of thioether (sulfide) groups is 1. The van der Waals surface area contributed by atoms with Gasteiger partial charge in [0.15, 0.2) is 5.16 Å². The van der Waals surface area contributed by atoms with Crippen LogP contribution in [0, 0.1) is 6.92 Å². The molecule has 0 fully saturated rings. The van der Waals surface area contributed by atoms with Crippen LogP contribution >= 0.6 is 23.1 Å². The molecule has 0 aliphatic rings. The first kappa shape index (κ1) is 14.4. The van der Waals surface area contributed by atoms with Gasteiger partial charge in [-0.05, 0) is 18.9 Å². The molecule has 0 saturated carbocycles. The zero-order valence-corrected chi connectivity index (χ0v) is 13.6. The van der Waals surface area contributed by atoms with Crippen molar-refractivity contribution in [2.24, 2.45) is 0 Å². The third kappa shape index (κ3) is 2.76. The highest BCUT2D eigenvalue weighted by molar-refractivity contribution is 7.99. The maximum Gasteiger partial charge on any atom is 0.260 e. The van der Waals surface area contributed by atoms with E-state index in [4.69, 9.17) is 0 Å². The summed E-state index contributed by atoms with van der Waals surface area (Å²) in [6.07, 6.45) is 1.06. The van der Waals surface area contributed by atoms with E-state index in [9.17, 15) is 4.79 Å². The van der Waals surface area contributed by atoms with Crippen LogP contribution in [-0.2, 0) is 0 Å². The van der Waals surface area contributed by atoms with Gasteiger partial charge in [0.25, 0.3) is 5.56 Å². The molecule has 0 aliphatic heterocycles. The molecule has 3 nitrogen and oxygen atoms in total. The molecule has 5 heteroatoms. The summed E-state index contributed by atoms with van der Waals surface area (Å²) < 4.78 is 0. The lowest BCUT2D eigenvalue weighted by molar-refractivity contribution is 0.974. The van der Waals surface area contributed by atoms with E-state index in [1.54, 1.807) is 23.1 Å². The van der Waals surface area contributed by atoms with E-state index < -0.39 is 0 Å². The number of nitrogens with one attached hydrogen (secondary N) is 1. The second kappa shape index (κ2) is 6.03. The quantitative estimate of drug-likeness (QED) is 0.571. The number of nitrogens with zero attached hydrogens (tertiary/aromatic N) is 1. The number of aromatic amines is 1. The van der Waals surface area contributed by atoms with Crippen molar-refractivity contribution in [3.05, 3.63) is 45.6 Å². The molecular formula is C16H16N2OS2. The fourth-order valence-corrected chi connectivity index (χ4v) is 4.14. The molecule has 3 rings (SSSR count). The molecule has 0 amide bonds. The van der Waals surface area contributed by atoms with Gasteiger partial charge >= 0.3 is 0 Å². The molecule has 2 heterocycles. The van der Waals surface area contributed by atoms with Gasteiger partial charge in [-0.3, -0.25) is 4.79 Å². The van der Waals surface area contributed by atoms with E-state index in [0.29, 0.717) is 5.39 Å². The maximum absolute atomic E-state index is 12.5. The predicted octanol–water partition coefficient (Wildman–Crippen LogP) is 4.46. The molecule has 3 aromatic rings. The van der Waals surface area contributed by atoms with Gasteiger partial charge in [0.05, 0.1) is 5.39 Å². The minimum absolute atomic E-state index is 0.0400. The molecule has 0 bridgehead atoms. The molecular weight excluding hydrogens is 300 g/mol. The van der Waals surface area contributed by atoms with Gasteiger partial charge in [-0.1, -0.05) is 49.0 Å². The number of fused-ring (bicyclic) bond motifs is 1. The van der Waals surface area contributed by atoms with Crippen LogP contribution in [0.2, 0.25) is 0 Å². The summed E-state index contributed by atoms with van der Waals surface area (Å²) >= 11 is 3.19. The standard InChI is InChI=1S/C16H16N2OS2/c1-3-9-20-16-17-14(19)13-12(10(2)21-15(13)18-16)11-7-5-4-6-8-11/h4-8H,3,9H2,1-2H3,(H,17,18,19). The van der Waals surface area contributed by atoms with Gasteiger partial charge in [0.1, 0.15) is 4.83 Å². The number of benzene rings is 1. The number of rotatable bonds is 4. The second-order valence-electron chi connectivity index (χ2n) is 4.80. The van der Waals surface area contributed by atoms with Crippen molar-refractivity contribution in [2.75, 3.05) is 5.75 Å². The Morgan fingerprint density at radius 1 is 1.29 bits per heavy atom. The van der Waals surface area contributed by atoms with Crippen LogP contribution in [0.25, 0.3) is 21.3 Å². The number of thiophene rings is 1. The molecule has 1 aromatic carbocycles. The summed E-state index contributed by atoms with van der Waals surface area (Å²) in [5, 5.41) is 1.43. The Balaban J connectivity index is 2.19. The van der Waals surface area contributed by atoms with Crippen molar-refractivity contribution in [1.82, 2.24) is 9.97 Å². The van der Waals surface area contributed by atoms with Crippen LogP contribution in [0.5, 0.6) is 0 Å². The maximum atomic E-state index is 12.5. The monoisotopic (exact) mass is 316 g/mol. The summed E-state index contributed by atoms with van der Waals surface area (Å²) in [5.41, 5.74) is 2.04. The van der Waals surface area contributed by atoms with Crippen LogP contribution in [0.15, 0.2) is 40.3 Å². The fraction of sp³-hybridized carbons (Fsp3) is 0.250. The Bertz CT molecular complexity index is 821. The molecule has 0 saturated heterocycles. The third-order valence-electron chi connectivity index (χ3n) is 3.22. The normalized spacial score (nSPS) is 11.1. The SMILES string of the molecule is CCCSc1nc2sc(C)c(-c3ccccc3)c2c(=O)[nH]1. The zero-order valence-electron chi connectivity index (χ0n) is 12.0. The third-order valence-corrected chi connectivity index (χ3v) is 5.30. The molecule has 0 spiro atoms. The Morgan fingerprint density at radius 3 is 2.76 bits per heavy atom. The highest BCUT2D eigenvalue weighted by Crippen LogP contribution is 2.35. The van der Waals surface area contributed by atoms with E-state index in [2.05, 4.69) is 16.9 Å². The van der Waals surface area contributed by atoms with Crippen LogP contribution in [0.3, 0.4) is 0 Å². The molecule has 0 radical (unpaired) electrons. The van der Waals surface area contributed by atoms with Crippen molar-refractivity contribution in [3.8, 4) is 11.1 Å². The Labute approximate surface area is 131 Å². The highest BCUT2D eigenvalue weighted by atomic mass is 32.2. The topological polar surface area (TPSA) is 45.8 Å². The first-order valence-corrected chi connectivity index (χ1v) is 8.72. The largest absolute Gasteiger partial charge is 0.301 e. The lowest BCUT2D eigenvalue weighted by Gasteiger charge is -2.02. The predicted molar refractivity (Wildman–Crippen MR) is 91.4 cm³/mol. The van der Waals surface area contributed by atoms with Gasteiger partial charge in [-0.2, -0.15) is 0 Å². The highest BCUT2D eigenvalue weighted by Gasteiger charge is 2.16. The van der Waals surface area contributed by atoms with Gasteiger partial charge < -0.3 is 4.98 Å². The summed E-state index contributed by atoms with van der Waals surface area (Å²) in [4.78, 5) is 21.9. The van der Waals surface area contributed by atoms with Crippen molar-refractivity contribution in [3.63, 3.8) is 0 Å².